The molecule has 7 nitrogen and oxygen atoms in total. The van der Waals surface area contributed by atoms with Gasteiger partial charge >= 0.3 is 0 Å². The number of nitrogens with zero attached hydrogens (tertiary/aromatic N) is 2. The van der Waals surface area contributed by atoms with Crippen molar-refractivity contribution in [3.8, 4) is 0 Å². The standard InChI is InChI=1S/C19H23FN4O3/c1-27-13-12-22-19(21-11-10-15-2-6-17(20)7-3-15)23-14-16-4-8-18(9-5-16)24(25)26/h2-9H,10-14H2,1H3,(H2,21,22,23). The third kappa shape index (κ3) is 7.41. The van der Waals surface area contributed by atoms with Gasteiger partial charge in [0.1, 0.15) is 5.82 Å². The third-order valence-corrected chi connectivity index (χ3v) is 3.78. The van der Waals surface area contributed by atoms with Crippen molar-refractivity contribution in [3.63, 3.8) is 0 Å². The number of guanidine groups is 1. The Balaban J connectivity index is 1.91. The molecule has 2 rings (SSSR count). The lowest BCUT2D eigenvalue weighted by atomic mass is 10.1. The predicted octanol–water partition coefficient (Wildman–Crippen LogP) is 2.66. The Morgan fingerprint density at radius 2 is 1.70 bits per heavy atom. The molecule has 2 aromatic rings. The van der Waals surface area contributed by atoms with Gasteiger partial charge in [0.25, 0.3) is 5.69 Å². The zero-order valence-electron chi connectivity index (χ0n) is 15.2. The molecular formula is C19H23FN4O3. The van der Waals surface area contributed by atoms with Crippen LogP contribution in [0.15, 0.2) is 53.5 Å². The fraction of sp³-hybridized carbons (Fsp3) is 0.316. The first kappa shape index (κ1) is 20.3. The first-order chi connectivity index (χ1) is 13.1. The molecule has 0 bridgehead atoms. The monoisotopic (exact) mass is 374 g/mol. The summed E-state index contributed by atoms with van der Waals surface area (Å²) in [5.74, 6) is 0.366. The highest BCUT2D eigenvalue weighted by Gasteiger charge is 2.04. The number of rotatable bonds is 9. The van der Waals surface area contributed by atoms with Crippen molar-refractivity contribution in [1.29, 1.82) is 0 Å². The smallest absolute Gasteiger partial charge is 0.269 e. The maximum atomic E-state index is 12.9. The van der Waals surface area contributed by atoms with Crippen molar-refractivity contribution < 1.29 is 14.1 Å². The van der Waals surface area contributed by atoms with Crippen LogP contribution in [-0.4, -0.2) is 37.7 Å². The van der Waals surface area contributed by atoms with Crippen LogP contribution in [0.4, 0.5) is 10.1 Å². The van der Waals surface area contributed by atoms with Crippen molar-refractivity contribution in [2.45, 2.75) is 13.0 Å². The van der Waals surface area contributed by atoms with Gasteiger partial charge in [-0.15, -0.1) is 0 Å². The minimum Gasteiger partial charge on any atom is -0.383 e. The fourth-order valence-corrected chi connectivity index (χ4v) is 2.32. The number of halogens is 1. The SMILES string of the molecule is COCCNC(=NCc1ccc([N+](=O)[O-])cc1)NCCc1ccc(F)cc1. The van der Waals surface area contributed by atoms with Crippen LogP contribution < -0.4 is 10.6 Å². The molecule has 0 aliphatic rings. The Morgan fingerprint density at radius 1 is 1.07 bits per heavy atom. The van der Waals surface area contributed by atoms with Crippen LogP contribution in [0.1, 0.15) is 11.1 Å². The first-order valence-electron chi connectivity index (χ1n) is 8.57. The average Bonchev–Trinajstić information content (AvgIpc) is 2.67. The summed E-state index contributed by atoms with van der Waals surface area (Å²) >= 11 is 0. The molecule has 0 fully saturated rings. The van der Waals surface area contributed by atoms with Gasteiger partial charge in [-0.3, -0.25) is 10.1 Å². The second-order valence-corrected chi connectivity index (χ2v) is 5.81. The van der Waals surface area contributed by atoms with E-state index in [2.05, 4.69) is 15.6 Å². The van der Waals surface area contributed by atoms with E-state index in [1.54, 1.807) is 31.4 Å². The number of benzene rings is 2. The molecule has 0 unspecified atom stereocenters. The Morgan fingerprint density at radius 3 is 2.33 bits per heavy atom. The number of ether oxygens (including phenoxy) is 1. The molecule has 8 heteroatoms. The molecule has 0 amide bonds. The van der Waals surface area contributed by atoms with E-state index in [1.807, 2.05) is 0 Å². The molecule has 0 heterocycles. The molecule has 0 spiro atoms. The molecule has 0 saturated carbocycles. The van der Waals surface area contributed by atoms with E-state index in [9.17, 15) is 14.5 Å². The van der Waals surface area contributed by atoms with Gasteiger partial charge < -0.3 is 15.4 Å². The summed E-state index contributed by atoms with van der Waals surface area (Å²) in [5.41, 5.74) is 1.95. The number of hydrogen-bond acceptors (Lipinski definition) is 4. The molecule has 0 radical (unpaired) electrons. The Bertz CT molecular complexity index is 749. The van der Waals surface area contributed by atoms with Gasteiger partial charge in [0.15, 0.2) is 5.96 Å². The number of methoxy groups -OCH3 is 1. The maximum absolute atomic E-state index is 12.9. The molecule has 2 aromatic carbocycles. The second-order valence-electron chi connectivity index (χ2n) is 5.81. The third-order valence-electron chi connectivity index (χ3n) is 3.78. The Labute approximate surface area is 157 Å². The van der Waals surface area contributed by atoms with E-state index in [0.717, 1.165) is 17.5 Å². The number of non-ortho nitro benzene ring substituents is 1. The highest BCUT2D eigenvalue weighted by atomic mass is 19.1. The van der Waals surface area contributed by atoms with Crippen molar-refractivity contribution in [3.05, 3.63) is 75.6 Å². The van der Waals surface area contributed by atoms with Crippen molar-refractivity contribution in [2.75, 3.05) is 26.8 Å². The van der Waals surface area contributed by atoms with Crippen LogP contribution in [0.5, 0.6) is 0 Å². The molecule has 0 atom stereocenters. The lowest BCUT2D eigenvalue weighted by Crippen LogP contribution is -2.40. The quantitative estimate of drug-likeness (QED) is 0.232. The highest BCUT2D eigenvalue weighted by molar-refractivity contribution is 5.79. The summed E-state index contributed by atoms with van der Waals surface area (Å²) in [4.78, 5) is 14.8. The summed E-state index contributed by atoms with van der Waals surface area (Å²) in [6.45, 7) is 2.15. The van der Waals surface area contributed by atoms with E-state index < -0.39 is 4.92 Å². The number of hydrogen-bond donors (Lipinski definition) is 2. The van der Waals surface area contributed by atoms with Crippen molar-refractivity contribution >= 4 is 11.6 Å². The summed E-state index contributed by atoms with van der Waals surface area (Å²) in [5, 5.41) is 17.1. The Hall–Kier alpha value is -3.00. The van der Waals surface area contributed by atoms with E-state index in [0.29, 0.717) is 32.2 Å². The fourth-order valence-electron chi connectivity index (χ4n) is 2.32. The minimum absolute atomic E-state index is 0.0543. The molecule has 0 aliphatic heterocycles. The van der Waals surface area contributed by atoms with Gasteiger partial charge in [-0.1, -0.05) is 24.3 Å². The van der Waals surface area contributed by atoms with Crippen LogP contribution in [0.3, 0.4) is 0 Å². The van der Waals surface area contributed by atoms with Gasteiger partial charge in [0, 0.05) is 32.3 Å². The summed E-state index contributed by atoms with van der Waals surface area (Å²) in [7, 11) is 1.62. The van der Waals surface area contributed by atoms with Crippen LogP contribution in [0.2, 0.25) is 0 Å². The zero-order chi connectivity index (χ0) is 19.5. The highest BCUT2D eigenvalue weighted by Crippen LogP contribution is 2.12. The number of aliphatic imine (C=N–C) groups is 1. The van der Waals surface area contributed by atoms with E-state index in [4.69, 9.17) is 4.74 Å². The van der Waals surface area contributed by atoms with E-state index >= 15 is 0 Å². The van der Waals surface area contributed by atoms with Gasteiger partial charge in [0.2, 0.25) is 0 Å². The lowest BCUT2D eigenvalue weighted by Gasteiger charge is -2.12. The molecule has 2 N–H and O–H groups in total. The van der Waals surface area contributed by atoms with E-state index in [1.165, 1.54) is 24.3 Å². The number of nitro benzene ring substituents is 1. The summed E-state index contributed by atoms with van der Waals surface area (Å²) in [6, 6.07) is 12.7. The van der Waals surface area contributed by atoms with Crippen molar-refractivity contribution in [1.82, 2.24) is 10.6 Å². The first-order valence-corrected chi connectivity index (χ1v) is 8.57. The largest absolute Gasteiger partial charge is 0.383 e. The topological polar surface area (TPSA) is 88.8 Å². The summed E-state index contributed by atoms with van der Waals surface area (Å²) < 4.78 is 18.0. The lowest BCUT2D eigenvalue weighted by molar-refractivity contribution is -0.384. The minimum atomic E-state index is -0.429. The number of nitro groups is 1. The maximum Gasteiger partial charge on any atom is 0.269 e. The van der Waals surface area contributed by atoms with Crippen LogP contribution in [0, 0.1) is 15.9 Å². The molecular weight excluding hydrogens is 351 g/mol. The van der Waals surface area contributed by atoms with E-state index in [-0.39, 0.29) is 11.5 Å². The Kier molecular flexibility index (Phi) is 8.18. The summed E-state index contributed by atoms with van der Waals surface area (Å²) in [6.07, 6.45) is 0.725. The number of nitrogens with one attached hydrogen (secondary N) is 2. The van der Waals surface area contributed by atoms with Crippen LogP contribution >= 0.6 is 0 Å². The van der Waals surface area contributed by atoms with Gasteiger partial charge in [-0.2, -0.15) is 0 Å². The second kappa shape index (κ2) is 10.9. The normalized spacial score (nSPS) is 11.3. The van der Waals surface area contributed by atoms with Gasteiger partial charge in [-0.05, 0) is 29.7 Å². The van der Waals surface area contributed by atoms with Crippen LogP contribution in [0.25, 0.3) is 0 Å². The molecule has 0 aliphatic carbocycles. The van der Waals surface area contributed by atoms with Crippen molar-refractivity contribution in [2.24, 2.45) is 4.99 Å². The zero-order valence-corrected chi connectivity index (χ0v) is 15.2. The van der Waals surface area contributed by atoms with Crippen LogP contribution in [-0.2, 0) is 17.7 Å². The molecule has 0 aromatic heterocycles. The molecule has 0 saturated heterocycles. The molecule has 144 valence electrons. The van der Waals surface area contributed by atoms with Gasteiger partial charge in [-0.25, -0.2) is 9.38 Å². The average molecular weight is 374 g/mol. The molecule has 27 heavy (non-hydrogen) atoms. The predicted molar refractivity (Wildman–Crippen MR) is 102 cm³/mol. The van der Waals surface area contributed by atoms with Gasteiger partial charge in [0.05, 0.1) is 18.1 Å².